The molecule has 8 heteroatoms. The van der Waals surface area contributed by atoms with E-state index in [4.69, 9.17) is 0 Å². The topological polar surface area (TPSA) is 82.6 Å². The lowest BCUT2D eigenvalue weighted by Gasteiger charge is -2.33. The molecule has 1 N–H and O–H groups in total. The van der Waals surface area contributed by atoms with Crippen LogP contribution in [0.4, 0.5) is 10.1 Å². The lowest BCUT2D eigenvalue weighted by atomic mass is 10.1. The SMILES string of the molecule is Cc1c(F)cccc1NC(=O)c1ccc(CN2CCN(Cc3ccccn3)C(=O)C2=O)cc1. The molecule has 1 saturated heterocycles. The molecule has 0 atom stereocenters. The van der Waals surface area contributed by atoms with Gasteiger partial charge in [-0.25, -0.2) is 4.39 Å². The first kappa shape index (κ1) is 22.1. The molecular weight excluding hydrogens is 423 g/mol. The van der Waals surface area contributed by atoms with Gasteiger partial charge in [0.1, 0.15) is 5.82 Å². The van der Waals surface area contributed by atoms with Gasteiger partial charge < -0.3 is 15.1 Å². The minimum Gasteiger partial charge on any atom is -0.328 e. The maximum absolute atomic E-state index is 13.7. The third-order valence-corrected chi connectivity index (χ3v) is 5.58. The van der Waals surface area contributed by atoms with Crippen LogP contribution < -0.4 is 5.32 Å². The number of carbonyl (C=O) groups is 3. The summed E-state index contributed by atoms with van der Waals surface area (Å²) < 4.78 is 13.7. The van der Waals surface area contributed by atoms with Gasteiger partial charge in [0.15, 0.2) is 0 Å². The van der Waals surface area contributed by atoms with Crippen LogP contribution in [0.1, 0.15) is 27.2 Å². The third-order valence-electron chi connectivity index (χ3n) is 5.58. The molecule has 1 fully saturated rings. The fourth-order valence-electron chi connectivity index (χ4n) is 3.62. The summed E-state index contributed by atoms with van der Waals surface area (Å²) in [6.45, 7) is 3.01. The van der Waals surface area contributed by atoms with E-state index in [1.165, 1.54) is 21.9 Å². The van der Waals surface area contributed by atoms with Crippen molar-refractivity contribution in [1.29, 1.82) is 0 Å². The monoisotopic (exact) mass is 446 g/mol. The maximum Gasteiger partial charge on any atom is 0.312 e. The van der Waals surface area contributed by atoms with Crippen LogP contribution in [-0.2, 0) is 22.7 Å². The average Bonchev–Trinajstić information content (AvgIpc) is 2.83. The quantitative estimate of drug-likeness (QED) is 0.590. The minimum atomic E-state index is -0.555. The molecular formula is C25H23FN4O3. The number of nitrogens with zero attached hydrogens (tertiary/aromatic N) is 3. The molecule has 2 heterocycles. The van der Waals surface area contributed by atoms with Gasteiger partial charge in [-0.15, -0.1) is 0 Å². The fraction of sp³-hybridized carbons (Fsp3) is 0.200. The number of pyridine rings is 1. The first-order chi connectivity index (χ1) is 15.9. The summed E-state index contributed by atoms with van der Waals surface area (Å²) in [6.07, 6.45) is 1.65. The first-order valence-electron chi connectivity index (χ1n) is 10.6. The van der Waals surface area contributed by atoms with Gasteiger partial charge >= 0.3 is 11.8 Å². The van der Waals surface area contributed by atoms with Gasteiger partial charge in [0.05, 0.1) is 12.2 Å². The van der Waals surface area contributed by atoms with Crippen LogP contribution in [0.3, 0.4) is 0 Å². The molecule has 1 aliphatic rings. The number of aromatic nitrogens is 1. The Labute approximate surface area is 190 Å². The first-order valence-corrected chi connectivity index (χ1v) is 10.6. The number of anilines is 1. The molecule has 0 spiro atoms. The fourth-order valence-corrected chi connectivity index (χ4v) is 3.62. The zero-order valence-corrected chi connectivity index (χ0v) is 18.1. The standard InChI is InChI=1S/C25H23FN4O3/c1-17-21(26)6-4-7-22(17)28-23(31)19-10-8-18(9-11-19)15-29-13-14-30(25(33)24(29)32)16-20-5-2-3-12-27-20/h2-12H,13-16H2,1H3,(H,28,31). The van der Waals surface area contributed by atoms with Crippen molar-refractivity contribution in [2.45, 2.75) is 20.0 Å². The summed E-state index contributed by atoms with van der Waals surface area (Å²) in [7, 11) is 0. The van der Waals surface area contributed by atoms with Gasteiger partial charge in [0.2, 0.25) is 0 Å². The summed E-state index contributed by atoms with van der Waals surface area (Å²) in [6, 6.07) is 16.7. The number of nitrogens with one attached hydrogen (secondary N) is 1. The smallest absolute Gasteiger partial charge is 0.312 e. The Morgan fingerprint density at radius 3 is 2.30 bits per heavy atom. The molecule has 1 aromatic heterocycles. The zero-order valence-electron chi connectivity index (χ0n) is 18.1. The molecule has 4 rings (SSSR count). The lowest BCUT2D eigenvalue weighted by molar-refractivity contribution is -0.156. The zero-order chi connectivity index (χ0) is 23.4. The van der Waals surface area contributed by atoms with Crippen molar-refractivity contribution in [1.82, 2.24) is 14.8 Å². The molecule has 0 aliphatic carbocycles. The van der Waals surface area contributed by atoms with E-state index in [1.807, 2.05) is 12.1 Å². The Bertz CT molecular complexity index is 1180. The Morgan fingerprint density at radius 2 is 1.64 bits per heavy atom. The predicted molar refractivity (Wildman–Crippen MR) is 121 cm³/mol. The Morgan fingerprint density at radius 1 is 0.939 bits per heavy atom. The summed E-state index contributed by atoms with van der Waals surface area (Å²) in [4.78, 5) is 44.8. The van der Waals surface area contributed by atoms with Crippen LogP contribution in [0.25, 0.3) is 0 Å². The number of benzene rings is 2. The highest BCUT2D eigenvalue weighted by Crippen LogP contribution is 2.19. The van der Waals surface area contributed by atoms with Crippen molar-refractivity contribution in [2.24, 2.45) is 0 Å². The van der Waals surface area contributed by atoms with E-state index in [-0.39, 0.29) is 18.3 Å². The number of hydrogen-bond donors (Lipinski definition) is 1. The Hall–Kier alpha value is -4.07. The molecule has 0 radical (unpaired) electrons. The van der Waals surface area contributed by atoms with Crippen molar-refractivity contribution in [2.75, 3.05) is 18.4 Å². The normalized spacial score (nSPS) is 13.9. The highest BCUT2D eigenvalue weighted by Gasteiger charge is 2.32. The van der Waals surface area contributed by atoms with E-state index in [0.29, 0.717) is 36.4 Å². The van der Waals surface area contributed by atoms with E-state index >= 15 is 0 Å². The number of halogens is 1. The molecule has 0 unspecified atom stereocenters. The molecule has 33 heavy (non-hydrogen) atoms. The van der Waals surface area contributed by atoms with E-state index < -0.39 is 11.8 Å². The Kier molecular flexibility index (Phi) is 6.44. The van der Waals surface area contributed by atoms with Crippen LogP contribution in [0.15, 0.2) is 66.9 Å². The largest absolute Gasteiger partial charge is 0.328 e. The second-order valence-electron chi connectivity index (χ2n) is 7.84. The van der Waals surface area contributed by atoms with E-state index in [0.717, 1.165) is 11.3 Å². The molecule has 0 saturated carbocycles. The van der Waals surface area contributed by atoms with Gasteiger partial charge in [-0.3, -0.25) is 19.4 Å². The van der Waals surface area contributed by atoms with Gasteiger partial charge in [0, 0.05) is 42.6 Å². The van der Waals surface area contributed by atoms with E-state index in [2.05, 4.69) is 10.3 Å². The molecule has 0 bridgehead atoms. The molecule has 3 aromatic rings. The summed E-state index contributed by atoms with van der Waals surface area (Å²) >= 11 is 0. The highest BCUT2D eigenvalue weighted by atomic mass is 19.1. The van der Waals surface area contributed by atoms with Crippen molar-refractivity contribution >= 4 is 23.4 Å². The number of rotatable bonds is 6. The van der Waals surface area contributed by atoms with Gasteiger partial charge in [-0.05, 0) is 48.9 Å². The minimum absolute atomic E-state index is 0.271. The summed E-state index contributed by atoms with van der Waals surface area (Å²) in [5, 5.41) is 2.71. The van der Waals surface area contributed by atoms with Crippen molar-refractivity contribution < 1.29 is 18.8 Å². The second-order valence-corrected chi connectivity index (χ2v) is 7.84. The van der Waals surface area contributed by atoms with Crippen LogP contribution in [0.5, 0.6) is 0 Å². The van der Waals surface area contributed by atoms with Crippen molar-refractivity contribution in [3.05, 3.63) is 95.1 Å². The van der Waals surface area contributed by atoms with Crippen LogP contribution >= 0.6 is 0 Å². The van der Waals surface area contributed by atoms with Gasteiger partial charge in [0.25, 0.3) is 5.91 Å². The lowest BCUT2D eigenvalue weighted by Crippen LogP contribution is -2.53. The molecule has 3 amide bonds. The number of amides is 3. The van der Waals surface area contributed by atoms with Gasteiger partial charge in [-0.1, -0.05) is 24.3 Å². The van der Waals surface area contributed by atoms with Crippen molar-refractivity contribution in [3.63, 3.8) is 0 Å². The number of carbonyl (C=O) groups excluding carboxylic acids is 3. The van der Waals surface area contributed by atoms with Crippen LogP contribution in [0.2, 0.25) is 0 Å². The predicted octanol–water partition coefficient (Wildman–Crippen LogP) is 3.15. The third kappa shape index (κ3) is 5.06. The highest BCUT2D eigenvalue weighted by molar-refractivity contribution is 6.35. The van der Waals surface area contributed by atoms with Crippen molar-refractivity contribution in [3.8, 4) is 0 Å². The number of piperazine rings is 1. The second kappa shape index (κ2) is 9.60. The van der Waals surface area contributed by atoms with Crippen LogP contribution in [0, 0.1) is 12.7 Å². The van der Waals surface area contributed by atoms with E-state index in [9.17, 15) is 18.8 Å². The Balaban J connectivity index is 1.36. The summed E-state index contributed by atoms with van der Waals surface area (Å²) in [5.74, 6) is -1.85. The van der Waals surface area contributed by atoms with Gasteiger partial charge in [-0.2, -0.15) is 0 Å². The number of hydrogen-bond acceptors (Lipinski definition) is 4. The van der Waals surface area contributed by atoms with Crippen LogP contribution in [-0.4, -0.2) is 45.6 Å². The van der Waals surface area contributed by atoms with E-state index in [1.54, 1.807) is 49.5 Å². The average molecular weight is 446 g/mol. The molecule has 168 valence electrons. The molecule has 1 aliphatic heterocycles. The molecule has 7 nitrogen and oxygen atoms in total. The molecule has 2 aromatic carbocycles. The summed E-state index contributed by atoms with van der Waals surface area (Å²) in [5.41, 5.74) is 2.72. The maximum atomic E-state index is 13.7.